The topological polar surface area (TPSA) is 21.3 Å². The lowest BCUT2D eigenvalue weighted by molar-refractivity contribution is -0.0349. The van der Waals surface area contributed by atoms with Crippen molar-refractivity contribution >= 4 is 0 Å². The highest BCUT2D eigenvalue weighted by molar-refractivity contribution is 5.14. The van der Waals surface area contributed by atoms with Crippen LogP contribution in [0, 0.1) is 0 Å². The van der Waals surface area contributed by atoms with E-state index in [9.17, 15) is 0 Å². The number of benzene rings is 1. The molecule has 1 saturated heterocycles. The van der Waals surface area contributed by atoms with Crippen LogP contribution >= 0.6 is 0 Å². The van der Waals surface area contributed by atoms with Gasteiger partial charge in [-0.3, -0.25) is 0 Å². The van der Waals surface area contributed by atoms with E-state index in [1.807, 2.05) is 0 Å². The van der Waals surface area contributed by atoms with E-state index >= 15 is 0 Å². The van der Waals surface area contributed by atoms with Crippen LogP contribution in [0.25, 0.3) is 0 Å². The molecule has 104 valence electrons. The monoisotopic (exact) mass is 259 g/mol. The summed E-state index contributed by atoms with van der Waals surface area (Å²) < 4.78 is 6.30. The molecule has 1 aliphatic heterocycles. The van der Waals surface area contributed by atoms with Crippen molar-refractivity contribution in [3.63, 3.8) is 0 Å². The summed E-state index contributed by atoms with van der Waals surface area (Å²) in [6.07, 6.45) is 9.44. The standard InChI is InChI=1S/C17H25NO/c1-2-6-15(7-3-1)9-13-18-14-16-8-12-17(19-16)10-4-5-11-17/h1-3,6-7,16,18H,4-5,8-14H2. The third kappa shape index (κ3) is 3.37. The Morgan fingerprint density at radius 2 is 1.89 bits per heavy atom. The molecule has 1 aromatic rings. The van der Waals surface area contributed by atoms with Gasteiger partial charge < -0.3 is 10.1 Å². The molecule has 1 unspecified atom stereocenters. The molecule has 1 N–H and O–H groups in total. The molecular formula is C17H25NO. The van der Waals surface area contributed by atoms with Crippen LogP contribution in [-0.2, 0) is 11.2 Å². The van der Waals surface area contributed by atoms with E-state index in [1.54, 1.807) is 0 Å². The molecule has 2 nitrogen and oxygen atoms in total. The smallest absolute Gasteiger partial charge is 0.0708 e. The Balaban J connectivity index is 1.35. The number of hydrogen-bond donors (Lipinski definition) is 1. The maximum atomic E-state index is 6.30. The summed E-state index contributed by atoms with van der Waals surface area (Å²) in [7, 11) is 0. The van der Waals surface area contributed by atoms with Crippen LogP contribution in [0.15, 0.2) is 30.3 Å². The Morgan fingerprint density at radius 1 is 1.11 bits per heavy atom. The van der Waals surface area contributed by atoms with Gasteiger partial charge in [0.05, 0.1) is 11.7 Å². The van der Waals surface area contributed by atoms with Gasteiger partial charge in [-0.25, -0.2) is 0 Å². The minimum Gasteiger partial charge on any atom is -0.370 e. The van der Waals surface area contributed by atoms with Gasteiger partial charge in [0.2, 0.25) is 0 Å². The zero-order valence-electron chi connectivity index (χ0n) is 11.7. The number of rotatable bonds is 5. The van der Waals surface area contributed by atoms with Crippen molar-refractivity contribution < 1.29 is 4.74 Å². The van der Waals surface area contributed by atoms with Crippen LogP contribution in [0.3, 0.4) is 0 Å². The van der Waals surface area contributed by atoms with E-state index in [-0.39, 0.29) is 5.60 Å². The third-order valence-electron chi connectivity index (χ3n) is 4.66. The normalized spacial score (nSPS) is 25.2. The Bertz CT molecular complexity index is 384. The molecule has 1 spiro atoms. The van der Waals surface area contributed by atoms with E-state index < -0.39 is 0 Å². The molecule has 0 aromatic heterocycles. The van der Waals surface area contributed by atoms with Gasteiger partial charge >= 0.3 is 0 Å². The van der Waals surface area contributed by atoms with Crippen molar-refractivity contribution in [2.75, 3.05) is 13.1 Å². The zero-order chi connectivity index (χ0) is 13.0. The molecule has 1 aromatic carbocycles. The molecule has 0 radical (unpaired) electrons. The van der Waals surface area contributed by atoms with Gasteiger partial charge in [0.1, 0.15) is 0 Å². The predicted octanol–water partition coefficient (Wildman–Crippen LogP) is 3.31. The predicted molar refractivity (Wildman–Crippen MR) is 78.3 cm³/mol. The fourth-order valence-corrected chi connectivity index (χ4v) is 3.57. The molecule has 0 bridgehead atoms. The van der Waals surface area contributed by atoms with Crippen LogP contribution in [0.2, 0.25) is 0 Å². The fraction of sp³-hybridized carbons (Fsp3) is 0.647. The molecular weight excluding hydrogens is 234 g/mol. The van der Waals surface area contributed by atoms with Crippen molar-refractivity contribution in [1.82, 2.24) is 5.32 Å². The van der Waals surface area contributed by atoms with Gasteiger partial charge in [-0.05, 0) is 44.2 Å². The lowest BCUT2D eigenvalue weighted by Crippen LogP contribution is -2.31. The Kier molecular flexibility index (Phi) is 4.19. The van der Waals surface area contributed by atoms with Gasteiger partial charge in [-0.15, -0.1) is 0 Å². The molecule has 19 heavy (non-hydrogen) atoms. The Morgan fingerprint density at radius 3 is 2.68 bits per heavy atom. The summed E-state index contributed by atoms with van der Waals surface area (Å²) in [5, 5.41) is 3.56. The first-order chi connectivity index (χ1) is 9.36. The highest BCUT2D eigenvalue weighted by Crippen LogP contribution is 2.43. The molecule has 2 aliphatic rings. The lowest BCUT2D eigenvalue weighted by atomic mass is 9.98. The van der Waals surface area contributed by atoms with Crippen molar-refractivity contribution in [2.45, 2.75) is 56.7 Å². The van der Waals surface area contributed by atoms with Crippen molar-refractivity contribution in [1.29, 1.82) is 0 Å². The fourth-order valence-electron chi connectivity index (χ4n) is 3.57. The summed E-state index contributed by atoms with van der Waals surface area (Å²) in [4.78, 5) is 0. The molecule has 1 heterocycles. The average molecular weight is 259 g/mol. The first-order valence-corrected chi connectivity index (χ1v) is 7.79. The Labute approximate surface area is 116 Å². The number of hydrogen-bond acceptors (Lipinski definition) is 2. The van der Waals surface area contributed by atoms with Crippen LogP contribution < -0.4 is 5.32 Å². The molecule has 2 fully saturated rings. The van der Waals surface area contributed by atoms with Crippen molar-refractivity contribution in [3.05, 3.63) is 35.9 Å². The second kappa shape index (κ2) is 6.06. The van der Waals surface area contributed by atoms with Gasteiger partial charge in [0.25, 0.3) is 0 Å². The first-order valence-electron chi connectivity index (χ1n) is 7.79. The van der Waals surface area contributed by atoms with E-state index in [0.717, 1.165) is 19.5 Å². The van der Waals surface area contributed by atoms with Crippen LogP contribution in [-0.4, -0.2) is 24.8 Å². The minimum atomic E-state index is 0.284. The Hall–Kier alpha value is -0.860. The second-order valence-corrected chi connectivity index (χ2v) is 6.11. The zero-order valence-corrected chi connectivity index (χ0v) is 11.7. The summed E-state index contributed by atoms with van der Waals surface area (Å²) in [5.74, 6) is 0. The van der Waals surface area contributed by atoms with Gasteiger partial charge in [-0.2, -0.15) is 0 Å². The third-order valence-corrected chi connectivity index (χ3v) is 4.66. The van der Waals surface area contributed by atoms with Crippen LogP contribution in [0.5, 0.6) is 0 Å². The number of nitrogens with one attached hydrogen (secondary N) is 1. The SMILES string of the molecule is c1ccc(CCNCC2CCC3(CCCC3)O2)cc1. The summed E-state index contributed by atoms with van der Waals surface area (Å²) in [6.45, 7) is 2.07. The van der Waals surface area contributed by atoms with Gasteiger partial charge in [-0.1, -0.05) is 43.2 Å². The molecule has 1 saturated carbocycles. The number of ether oxygens (including phenoxy) is 1. The largest absolute Gasteiger partial charge is 0.370 e. The maximum Gasteiger partial charge on any atom is 0.0708 e. The van der Waals surface area contributed by atoms with E-state index in [2.05, 4.69) is 35.6 Å². The van der Waals surface area contributed by atoms with Gasteiger partial charge in [0.15, 0.2) is 0 Å². The second-order valence-electron chi connectivity index (χ2n) is 6.11. The van der Waals surface area contributed by atoms with E-state index in [1.165, 1.54) is 44.1 Å². The minimum absolute atomic E-state index is 0.284. The van der Waals surface area contributed by atoms with Gasteiger partial charge in [0, 0.05) is 6.54 Å². The molecule has 3 rings (SSSR count). The average Bonchev–Trinajstić information content (AvgIpc) is 3.07. The highest BCUT2D eigenvalue weighted by atomic mass is 16.5. The van der Waals surface area contributed by atoms with E-state index in [0.29, 0.717) is 6.10 Å². The van der Waals surface area contributed by atoms with Crippen molar-refractivity contribution in [2.24, 2.45) is 0 Å². The summed E-state index contributed by atoms with van der Waals surface area (Å²) in [6, 6.07) is 10.7. The highest BCUT2D eigenvalue weighted by Gasteiger charge is 2.41. The van der Waals surface area contributed by atoms with Crippen molar-refractivity contribution in [3.8, 4) is 0 Å². The summed E-state index contributed by atoms with van der Waals surface area (Å²) >= 11 is 0. The lowest BCUT2D eigenvalue weighted by Gasteiger charge is -2.23. The van der Waals surface area contributed by atoms with E-state index in [4.69, 9.17) is 4.74 Å². The molecule has 2 heteroatoms. The van der Waals surface area contributed by atoms with Crippen LogP contribution in [0.1, 0.15) is 44.1 Å². The summed E-state index contributed by atoms with van der Waals surface area (Å²) in [5.41, 5.74) is 1.70. The molecule has 1 atom stereocenters. The quantitative estimate of drug-likeness (QED) is 0.819. The first kappa shape index (κ1) is 13.1. The van der Waals surface area contributed by atoms with Crippen LogP contribution in [0.4, 0.5) is 0 Å². The molecule has 1 aliphatic carbocycles. The maximum absolute atomic E-state index is 6.30. The molecule has 0 amide bonds.